The van der Waals surface area contributed by atoms with Crippen LogP contribution in [0.5, 0.6) is 0 Å². The fourth-order valence-corrected chi connectivity index (χ4v) is 2.25. The van der Waals surface area contributed by atoms with Crippen molar-refractivity contribution in [1.29, 1.82) is 0 Å². The van der Waals surface area contributed by atoms with Gasteiger partial charge in [-0.2, -0.15) is 0 Å². The third-order valence-electron chi connectivity index (χ3n) is 3.44. The first kappa shape index (κ1) is 16.6. The van der Waals surface area contributed by atoms with Crippen molar-refractivity contribution in [3.05, 3.63) is 30.1 Å². The van der Waals surface area contributed by atoms with E-state index in [-0.39, 0.29) is 23.7 Å². The second kappa shape index (κ2) is 8.00. The van der Waals surface area contributed by atoms with Crippen molar-refractivity contribution in [1.82, 2.24) is 0 Å². The summed E-state index contributed by atoms with van der Waals surface area (Å²) in [5.41, 5.74) is 6.07. The van der Waals surface area contributed by atoms with E-state index >= 15 is 0 Å². The Morgan fingerprint density at radius 2 is 1.95 bits per heavy atom. The molecular formula is C16H25FN2O. The van der Waals surface area contributed by atoms with Gasteiger partial charge >= 0.3 is 0 Å². The zero-order valence-electron chi connectivity index (χ0n) is 12.6. The molecule has 1 aromatic rings. The predicted molar refractivity (Wildman–Crippen MR) is 81.1 cm³/mol. The molecule has 0 saturated heterocycles. The average molecular weight is 280 g/mol. The molecule has 0 aliphatic rings. The minimum Gasteiger partial charge on any atom is -0.328 e. The molecule has 0 aliphatic heterocycles. The molecule has 3 nitrogen and oxygen atoms in total. The first-order valence-electron chi connectivity index (χ1n) is 7.28. The molecule has 0 saturated carbocycles. The molecule has 0 bridgehead atoms. The van der Waals surface area contributed by atoms with Gasteiger partial charge in [-0.3, -0.25) is 4.79 Å². The summed E-state index contributed by atoms with van der Waals surface area (Å²) in [4.78, 5) is 14.0. The van der Waals surface area contributed by atoms with Gasteiger partial charge in [0.05, 0.1) is 5.69 Å². The molecule has 0 radical (unpaired) electrons. The van der Waals surface area contributed by atoms with Crippen LogP contribution in [0.2, 0.25) is 0 Å². The number of hydrogen-bond acceptors (Lipinski definition) is 2. The van der Waals surface area contributed by atoms with Gasteiger partial charge in [0, 0.05) is 18.5 Å². The first-order chi connectivity index (χ1) is 9.47. The molecule has 1 amide bonds. The van der Waals surface area contributed by atoms with Gasteiger partial charge in [-0.05, 0) is 38.8 Å². The number of amides is 1. The quantitative estimate of drug-likeness (QED) is 0.832. The van der Waals surface area contributed by atoms with E-state index in [4.69, 9.17) is 5.73 Å². The van der Waals surface area contributed by atoms with Gasteiger partial charge in [-0.25, -0.2) is 4.39 Å². The molecule has 112 valence electrons. The summed E-state index contributed by atoms with van der Waals surface area (Å²) >= 11 is 0. The lowest BCUT2D eigenvalue weighted by Gasteiger charge is -2.25. The molecule has 0 fully saturated rings. The number of hydrogen-bond donors (Lipinski definition) is 1. The zero-order valence-corrected chi connectivity index (χ0v) is 12.6. The first-order valence-corrected chi connectivity index (χ1v) is 7.28. The number of halogens is 1. The fourth-order valence-electron chi connectivity index (χ4n) is 2.25. The van der Waals surface area contributed by atoms with Crippen LogP contribution in [0, 0.1) is 11.7 Å². The van der Waals surface area contributed by atoms with Crippen molar-refractivity contribution in [3.63, 3.8) is 0 Å². The number of nitrogens with two attached hydrogens (primary N) is 1. The molecule has 0 spiro atoms. The topological polar surface area (TPSA) is 46.3 Å². The highest BCUT2D eigenvalue weighted by Crippen LogP contribution is 2.22. The monoisotopic (exact) mass is 280 g/mol. The molecular weight excluding hydrogens is 255 g/mol. The van der Waals surface area contributed by atoms with Crippen molar-refractivity contribution >= 4 is 11.6 Å². The zero-order chi connectivity index (χ0) is 15.1. The van der Waals surface area contributed by atoms with Crippen LogP contribution in [0.15, 0.2) is 24.3 Å². The molecule has 1 aromatic carbocycles. The molecule has 0 aromatic heterocycles. The van der Waals surface area contributed by atoms with E-state index in [2.05, 4.69) is 0 Å². The summed E-state index contributed by atoms with van der Waals surface area (Å²) in [5, 5.41) is 0. The van der Waals surface area contributed by atoms with Gasteiger partial charge in [-0.15, -0.1) is 0 Å². The number of benzene rings is 1. The van der Waals surface area contributed by atoms with Crippen LogP contribution in [0.25, 0.3) is 0 Å². The maximum absolute atomic E-state index is 13.8. The summed E-state index contributed by atoms with van der Waals surface area (Å²) in [6, 6.07) is 6.56. The van der Waals surface area contributed by atoms with E-state index in [0.29, 0.717) is 12.2 Å². The molecule has 4 heteroatoms. The van der Waals surface area contributed by atoms with Gasteiger partial charge in [0.1, 0.15) is 5.82 Å². The van der Waals surface area contributed by atoms with Gasteiger partial charge in [0.15, 0.2) is 0 Å². The molecule has 0 heterocycles. The standard InChI is InChI=1S/C16H25FN2O/c1-4-19(15-11-6-5-10-14(15)17)16(20)12(2)8-7-9-13(3)18/h5-6,10-13H,4,7-9,18H2,1-3H3. The average Bonchev–Trinajstić information content (AvgIpc) is 2.41. The Labute approximate surface area is 121 Å². The lowest BCUT2D eigenvalue weighted by Crippen LogP contribution is -2.35. The molecule has 0 aliphatic carbocycles. The minimum atomic E-state index is -0.356. The van der Waals surface area contributed by atoms with Gasteiger partial charge in [-0.1, -0.05) is 25.5 Å². The Balaban J connectivity index is 2.70. The van der Waals surface area contributed by atoms with Gasteiger partial charge in [0.25, 0.3) is 0 Å². The van der Waals surface area contributed by atoms with Crippen LogP contribution in [0.1, 0.15) is 40.0 Å². The number of carbonyl (C=O) groups excluding carboxylic acids is 1. The summed E-state index contributed by atoms with van der Waals surface area (Å²) in [6.45, 7) is 6.19. The van der Waals surface area contributed by atoms with Gasteiger partial charge < -0.3 is 10.6 Å². The Morgan fingerprint density at radius 1 is 1.30 bits per heavy atom. The summed E-state index contributed by atoms with van der Waals surface area (Å²) in [7, 11) is 0. The second-order valence-corrected chi connectivity index (χ2v) is 5.34. The van der Waals surface area contributed by atoms with E-state index in [9.17, 15) is 9.18 Å². The number of carbonyl (C=O) groups is 1. The van der Waals surface area contributed by atoms with Crippen LogP contribution in [0.3, 0.4) is 0 Å². The summed E-state index contributed by atoms with van der Waals surface area (Å²) in [6.07, 6.45) is 2.61. The second-order valence-electron chi connectivity index (χ2n) is 5.34. The normalized spacial score (nSPS) is 13.8. The highest BCUT2D eigenvalue weighted by molar-refractivity contribution is 5.94. The Bertz CT molecular complexity index is 434. The van der Waals surface area contributed by atoms with E-state index < -0.39 is 0 Å². The number of rotatable bonds is 7. The highest BCUT2D eigenvalue weighted by atomic mass is 19.1. The maximum Gasteiger partial charge on any atom is 0.229 e. The van der Waals surface area contributed by atoms with Crippen molar-refractivity contribution in [3.8, 4) is 0 Å². The van der Waals surface area contributed by atoms with Gasteiger partial charge in [0.2, 0.25) is 5.91 Å². The lowest BCUT2D eigenvalue weighted by molar-refractivity contribution is -0.122. The van der Waals surface area contributed by atoms with Crippen molar-refractivity contribution < 1.29 is 9.18 Å². The van der Waals surface area contributed by atoms with Crippen LogP contribution in [-0.4, -0.2) is 18.5 Å². The van der Waals surface area contributed by atoms with Crippen LogP contribution in [0.4, 0.5) is 10.1 Å². The lowest BCUT2D eigenvalue weighted by atomic mass is 10.0. The highest BCUT2D eigenvalue weighted by Gasteiger charge is 2.22. The van der Waals surface area contributed by atoms with E-state index in [1.54, 1.807) is 18.2 Å². The SMILES string of the molecule is CCN(C(=O)C(C)CCCC(C)N)c1ccccc1F. The third kappa shape index (κ3) is 4.60. The largest absolute Gasteiger partial charge is 0.328 e. The Hall–Kier alpha value is -1.42. The molecule has 1 rings (SSSR count). The van der Waals surface area contributed by atoms with E-state index in [1.807, 2.05) is 20.8 Å². The predicted octanol–water partition coefficient (Wildman–Crippen LogP) is 3.33. The van der Waals surface area contributed by atoms with Crippen molar-refractivity contribution in [2.45, 2.75) is 46.1 Å². The van der Waals surface area contributed by atoms with Crippen LogP contribution >= 0.6 is 0 Å². The number of para-hydroxylation sites is 1. The van der Waals surface area contributed by atoms with E-state index in [0.717, 1.165) is 19.3 Å². The van der Waals surface area contributed by atoms with Crippen LogP contribution in [-0.2, 0) is 4.79 Å². The number of nitrogens with zero attached hydrogens (tertiary/aromatic N) is 1. The van der Waals surface area contributed by atoms with Crippen molar-refractivity contribution in [2.24, 2.45) is 11.7 Å². The summed E-state index contributed by atoms with van der Waals surface area (Å²) in [5.74, 6) is -0.499. The maximum atomic E-state index is 13.8. The van der Waals surface area contributed by atoms with Crippen molar-refractivity contribution in [2.75, 3.05) is 11.4 Å². The minimum absolute atomic E-state index is 0.0257. The molecule has 2 atom stereocenters. The third-order valence-corrected chi connectivity index (χ3v) is 3.44. The molecule has 2 unspecified atom stereocenters. The fraction of sp³-hybridized carbons (Fsp3) is 0.562. The molecule has 20 heavy (non-hydrogen) atoms. The number of anilines is 1. The molecule has 2 N–H and O–H groups in total. The van der Waals surface area contributed by atoms with E-state index in [1.165, 1.54) is 11.0 Å². The Morgan fingerprint density at radius 3 is 2.50 bits per heavy atom. The Kier molecular flexibility index (Phi) is 6.65. The summed E-state index contributed by atoms with van der Waals surface area (Å²) < 4.78 is 13.8. The smallest absolute Gasteiger partial charge is 0.229 e. The van der Waals surface area contributed by atoms with Crippen LogP contribution < -0.4 is 10.6 Å².